The van der Waals surface area contributed by atoms with Gasteiger partial charge in [-0.05, 0) is 23.3 Å². The summed E-state index contributed by atoms with van der Waals surface area (Å²) in [4.78, 5) is 0. The van der Waals surface area contributed by atoms with Crippen LogP contribution in [0.1, 0.15) is 11.1 Å². The second kappa shape index (κ2) is 2.51. The van der Waals surface area contributed by atoms with Crippen molar-refractivity contribution in [2.45, 2.75) is 11.5 Å². The smallest absolute Gasteiger partial charge is 0.159 e. The van der Waals surface area contributed by atoms with Gasteiger partial charge in [0.05, 0.1) is 21.2 Å². The van der Waals surface area contributed by atoms with Crippen molar-refractivity contribution in [1.82, 2.24) is 0 Å². The molecule has 0 bridgehead atoms. The standard InChI is InChI=1S/C8H7F2NOS/c9-7-1-5-3-13(11,12)4-6(5)2-8(7)10/h1-2,11H,3-4H2. The van der Waals surface area contributed by atoms with Gasteiger partial charge >= 0.3 is 0 Å². The number of nitrogens with one attached hydrogen (secondary N) is 1. The topological polar surface area (TPSA) is 40.9 Å². The van der Waals surface area contributed by atoms with E-state index in [1.807, 2.05) is 0 Å². The minimum absolute atomic E-state index is 0.0412. The van der Waals surface area contributed by atoms with E-state index in [-0.39, 0.29) is 11.5 Å². The van der Waals surface area contributed by atoms with E-state index >= 15 is 0 Å². The summed E-state index contributed by atoms with van der Waals surface area (Å²) in [5.74, 6) is -1.79. The van der Waals surface area contributed by atoms with Crippen LogP contribution in [0.2, 0.25) is 0 Å². The van der Waals surface area contributed by atoms with E-state index in [0.717, 1.165) is 12.1 Å². The van der Waals surface area contributed by atoms with E-state index in [1.165, 1.54) is 0 Å². The Kier molecular flexibility index (Phi) is 1.66. The van der Waals surface area contributed by atoms with E-state index in [2.05, 4.69) is 0 Å². The Morgan fingerprint density at radius 1 is 1.15 bits per heavy atom. The zero-order chi connectivity index (χ0) is 9.64. The molecule has 0 fully saturated rings. The highest BCUT2D eigenvalue weighted by Gasteiger charge is 2.23. The first-order valence-electron chi connectivity index (χ1n) is 3.69. The van der Waals surface area contributed by atoms with Crippen molar-refractivity contribution in [2.24, 2.45) is 0 Å². The molecule has 2 rings (SSSR count). The van der Waals surface area contributed by atoms with Crippen molar-refractivity contribution < 1.29 is 13.0 Å². The Morgan fingerprint density at radius 2 is 1.54 bits per heavy atom. The summed E-state index contributed by atoms with van der Waals surface area (Å²) in [7, 11) is -2.67. The van der Waals surface area contributed by atoms with Gasteiger partial charge in [-0.15, -0.1) is 0 Å². The van der Waals surface area contributed by atoms with Crippen molar-refractivity contribution in [3.05, 3.63) is 34.9 Å². The van der Waals surface area contributed by atoms with Gasteiger partial charge in [-0.25, -0.2) is 13.0 Å². The number of fused-ring (bicyclic) bond motifs is 1. The summed E-state index contributed by atoms with van der Waals surface area (Å²) >= 11 is 0. The second-order valence-electron chi connectivity index (χ2n) is 3.14. The number of benzene rings is 1. The third kappa shape index (κ3) is 1.44. The van der Waals surface area contributed by atoms with Crippen LogP contribution in [-0.4, -0.2) is 4.21 Å². The van der Waals surface area contributed by atoms with Gasteiger partial charge in [-0.1, -0.05) is 0 Å². The van der Waals surface area contributed by atoms with Gasteiger partial charge in [0.1, 0.15) is 0 Å². The zero-order valence-electron chi connectivity index (χ0n) is 6.64. The quantitative estimate of drug-likeness (QED) is 0.688. The van der Waals surface area contributed by atoms with Crippen LogP contribution in [0, 0.1) is 16.4 Å². The normalized spacial score (nSPS) is 18.6. The number of hydrogen-bond donors (Lipinski definition) is 1. The van der Waals surface area contributed by atoms with Crippen molar-refractivity contribution in [1.29, 1.82) is 4.78 Å². The van der Waals surface area contributed by atoms with Crippen LogP contribution in [0.15, 0.2) is 12.1 Å². The van der Waals surface area contributed by atoms with E-state index < -0.39 is 21.4 Å². The van der Waals surface area contributed by atoms with E-state index in [1.54, 1.807) is 0 Å². The largest absolute Gasteiger partial charge is 0.252 e. The van der Waals surface area contributed by atoms with E-state index in [9.17, 15) is 13.0 Å². The molecule has 0 aromatic heterocycles. The lowest BCUT2D eigenvalue weighted by atomic mass is 10.1. The SMILES string of the molecule is N=S1(=O)Cc2cc(F)c(F)cc2C1. The van der Waals surface area contributed by atoms with Gasteiger partial charge in [0, 0.05) is 0 Å². The summed E-state index contributed by atoms with van der Waals surface area (Å²) in [5.41, 5.74) is 0.998. The first-order valence-corrected chi connectivity index (χ1v) is 5.58. The Labute approximate surface area is 74.6 Å². The highest BCUT2D eigenvalue weighted by atomic mass is 32.2. The molecule has 0 aliphatic carbocycles. The van der Waals surface area contributed by atoms with Crippen molar-refractivity contribution >= 4 is 9.73 Å². The molecule has 1 aromatic carbocycles. The van der Waals surface area contributed by atoms with Crippen LogP contribution < -0.4 is 0 Å². The predicted molar refractivity (Wildman–Crippen MR) is 44.6 cm³/mol. The fraction of sp³-hybridized carbons (Fsp3) is 0.250. The second-order valence-corrected chi connectivity index (χ2v) is 5.34. The third-order valence-electron chi connectivity index (χ3n) is 2.02. The summed E-state index contributed by atoms with van der Waals surface area (Å²) in [5, 5.41) is 0. The molecule has 1 N–H and O–H groups in total. The summed E-state index contributed by atoms with van der Waals surface area (Å²) in [6.07, 6.45) is 0. The highest BCUT2D eigenvalue weighted by Crippen LogP contribution is 2.27. The van der Waals surface area contributed by atoms with Gasteiger partial charge in [-0.3, -0.25) is 4.78 Å². The van der Waals surface area contributed by atoms with Crippen molar-refractivity contribution in [3.63, 3.8) is 0 Å². The van der Waals surface area contributed by atoms with Crippen LogP contribution >= 0.6 is 0 Å². The molecule has 0 spiro atoms. The average Bonchev–Trinajstić information content (AvgIpc) is 2.24. The molecule has 1 aliphatic heterocycles. The molecule has 0 radical (unpaired) electrons. The molecule has 0 saturated carbocycles. The molecule has 1 aliphatic rings. The fourth-order valence-electron chi connectivity index (χ4n) is 1.45. The minimum Gasteiger partial charge on any atom is -0.252 e. The Balaban J connectivity index is 2.60. The molecule has 0 amide bonds. The highest BCUT2D eigenvalue weighted by molar-refractivity contribution is 7.91. The fourth-order valence-corrected chi connectivity index (χ4v) is 3.10. The van der Waals surface area contributed by atoms with Crippen molar-refractivity contribution in [2.75, 3.05) is 0 Å². The van der Waals surface area contributed by atoms with Crippen LogP contribution in [-0.2, 0) is 21.2 Å². The Hall–Kier alpha value is -0.970. The molecule has 1 heterocycles. The molecule has 1 aromatic rings. The summed E-state index contributed by atoms with van der Waals surface area (Å²) in [6, 6.07) is 2.07. The molecule has 0 unspecified atom stereocenters. The molecule has 5 heteroatoms. The molecule has 70 valence electrons. The zero-order valence-corrected chi connectivity index (χ0v) is 7.46. The number of rotatable bonds is 0. The first-order chi connectivity index (χ1) is 5.98. The van der Waals surface area contributed by atoms with E-state index in [4.69, 9.17) is 4.78 Å². The lowest BCUT2D eigenvalue weighted by Crippen LogP contribution is -1.92. The van der Waals surface area contributed by atoms with E-state index in [0.29, 0.717) is 11.1 Å². The van der Waals surface area contributed by atoms with Gasteiger partial charge in [0.25, 0.3) is 0 Å². The van der Waals surface area contributed by atoms with Gasteiger partial charge in [-0.2, -0.15) is 0 Å². The predicted octanol–water partition coefficient (Wildman–Crippen LogP) is 2.03. The summed E-state index contributed by atoms with van der Waals surface area (Å²) < 4.78 is 44.0. The van der Waals surface area contributed by atoms with Gasteiger partial charge in [0.15, 0.2) is 11.6 Å². The molecular formula is C8H7F2NOS. The van der Waals surface area contributed by atoms with Crippen LogP contribution in [0.3, 0.4) is 0 Å². The molecule has 2 nitrogen and oxygen atoms in total. The van der Waals surface area contributed by atoms with Crippen molar-refractivity contribution in [3.8, 4) is 0 Å². The maximum absolute atomic E-state index is 12.7. The Bertz CT molecular complexity index is 430. The number of hydrogen-bond acceptors (Lipinski definition) is 2. The lowest BCUT2D eigenvalue weighted by molar-refractivity contribution is 0.507. The lowest BCUT2D eigenvalue weighted by Gasteiger charge is -1.97. The molecule has 0 saturated heterocycles. The van der Waals surface area contributed by atoms with Gasteiger partial charge < -0.3 is 0 Å². The minimum atomic E-state index is -2.67. The molecular weight excluding hydrogens is 196 g/mol. The maximum atomic E-state index is 12.7. The van der Waals surface area contributed by atoms with Crippen LogP contribution in [0.5, 0.6) is 0 Å². The maximum Gasteiger partial charge on any atom is 0.159 e. The van der Waals surface area contributed by atoms with Gasteiger partial charge in [0.2, 0.25) is 0 Å². The first kappa shape index (κ1) is 8.62. The van der Waals surface area contributed by atoms with Crippen LogP contribution in [0.25, 0.3) is 0 Å². The average molecular weight is 203 g/mol. The number of halogens is 2. The molecule has 0 atom stereocenters. The Morgan fingerprint density at radius 3 is 1.92 bits per heavy atom. The molecule has 13 heavy (non-hydrogen) atoms. The third-order valence-corrected chi connectivity index (χ3v) is 3.57. The van der Waals surface area contributed by atoms with Crippen LogP contribution in [0.4, 0.5) is 8.78 Å². The monoisotopic (exact) mass is 203 g/mol. The summed E-state index contributed by atoms with van der Waals surface area (Å²) in [6.45, 7) is 0.